The maximum Gasteiger partial charge on any atom is 0.323 e. The topological polar surface area (TPSA) is 95.4 Å². The Kier molecular flexibility index (Phi) is 4.89. The number of aromatic nitrogens is 2. The molecule has 2 amide bonds. The third-order valence-electron chi connectivity index (χ3n) is 3.32. The van der Waals surface area contributed by atoms with E-state index in [1.54, 1.807) is 11.8 Å². The van der Waals surface area contributed by atoms with E-state index in [1.165, 1.54) is 0 Å². The number of nitrogens with one attached hydrogen (secondary N) is 1. The SMILES string of the molecule is Cc1nsc(NC(=O)N2CCCCC2CCC(=O)O)n1. The first-order chi connectivity index (χ1) is 9.56. The molecule has 0 saturated carbocycles. The molecule has 1 fully saturated rings. The number of urea groups is 1. The van der Waals surface area contributed by atoms with Gasteiger partial charge >= 0.3 is 12.0 Å². The molecule has 0 aromatic carbocycles. The van der Waals surface area contributed by atoms with Crippen LogP contribution in [-0.2, 0) is 4.79 Å². The molecule has 8 heteroatoms. The minimum Gasteiger partial charge on any atom is -0.481 e. The van der Waals surface area contributed by atoms with E-state index in [0.29, 0.717) is 23.9 Å². The van der Waals surface area contributed by atoms with Crippen LogP contribution in [0.5, 0.6) is 0 Å². The predicted octanol–water partition coefficient (Wildman–Crippen LogP) is 2.10. The van der Waals surface area contributed by atoms with Gasteiger partial charge in [-0.15, -0.1) is 0 Å². The Morgan fingerprint density at radius 3 is 2.95 bits per heavy atom. The highest BCUT2D eigenvalue weighted by Crippen LogP contribution is 2.22. The van der Waals surface area contributed by atoms with Gasteiger partial charge in [0.2, 0.25) is 5.13 Å². The third-order valence-corrected chi connectivity index (χ3v) is 4.04. The number of piperidine rings is 1. The lowest BCUT2D eigenvalue weighted by Crippen LogP contribution is -2.46. The van der Waals surface area contributed by atoms with Crippen LogP contribution in [0.1, 0.15) is 37.9 Å². The van der Waals surface area contributed by atoms with Crippen molar-refractivity contribution >= 4 is 28.7 Å². The number of hydrogen-bond acceptors (Lipinski definition) is 5. The van der Waals surface area contributed by atoms with Gasteiger partial charge in [0.25, 0.3) is 0 Å². The maximum absolute atomic E-state index is 12.2. The van der Waals surface area contributed by atoms with Crippen molar-refractivity contribution in [3.63, 3.8) is 0 Å². The zero-order valence-corrected chi connectivity index (χ0v) is 12.2. The van der Waals surface area contributed by atoms with Gasteiger partial charge in [-0.2, -0.15) is 4.37 Å². The number of aryl methyl sites for hydroxylation is 1. The lowest BCUT2D eigenvalue weighted by molar-refractivity contribution is -0.137. The third kappa shape index (κ3) is 3.89. The number of nitrogens with zero attached hydrogens (tertiary/aromatic N) is 3. The smallest absolute Gasteiger partial charge is 0.323 e. The second kappa shape index (κ2) is 6.65. The normalized spacial score (nSPS) is 18.9. The van der Waals surface area contributed by atoms with Crippen LogP contribution >= 0.6 is 11.5 Å². The molecule has 1 aliphatic heterocycles. The highest BCUT2D eigenvalue weighted by Gasteiger charge is 2.27. The van der Waals surface area contributed by atoms with Crippen LogP contribution in [0, 0.1) is 6.92 Å². The Balaban J connectivity index is 1.95. The minimum atomic E-state index is -0.823. The molecule has 0 aliphatic carbocycles. The van der Waals surface area contributed by atoms with E-state index >= 15 is 0 Å². The van der Waals surface area contributed by atoms with E-state index in [1.807, 2.05) is 0 Å². The Morgan fingerprint density at radius 1 is 1.50 bits per heavy atom. The lowest BCUT2D eigenvalue weighted by atomic mass is 9.98. The average molecular weight is 298 g/mol. The van der Waals surface area contributed by atoms with Gasteiger partial charge in [0.05, 0.1) is 0 Å². The van der Waals surface area contributed by atoms with Crippen molar-refractivity contribution in [1.29, 1.82) is 0 Å². The molecule has 1 unspecified atom stereocenters. The number of amides is 2. The first kappa shape index (κ1) is 14.7. The monoisotopic (exact) mass is 298 g/mol. The first-order valence-corrected chi connectivity index (χ1v) is 7.43. The highest BCUT2D eigenvalue weighted by molar-refractivity contribution is 7.09. The Bertz CT molecular complexity index is 491. The molecule has 1 aromatic heterocycles. The van der Waals surface area contributed by atoms with E-state index < -0.39 is 5.97 Å². The van der Waals surface area contributed by atoms with E-state index in [2.05, 4.69) is 14.7 Å². The molecular weight excluding hydrogens is 280 g/mol. The maximum atomic E-state index is 12.2. The van der Waals surface area contributed by atoms with Crippen molar-refractivity contribution in [2.45, 2.75) is 45.1 Å². The highest BCUT2D eigenvalue weighted by atomic mass is 32.1. The summed E-state index contributed by atoms with van der Waals surface area (Å²) in [5.74, 6) is -0.193. The van der Waals surface area contributed by atoms with Gasteiger partial charge in [-0.3, -0.25) is 10.1 Å². The number of aliphatic carboxylic acids is 1. The predicted molar refractivity (Wildman–Crippen MR) is 74.9 cm³/mol. The van der Waals surface area contributed by atoms with Crippen molar-refractivity contribution in [3.05, 3.63) is 5.82 Å². The van der Waals surface area contributed by atoms with E-state index in [9.17, 15) is 9.59 Å². The van der Waals surface area contributed by atoms with Crippen LogP contribution in [0.3, 0.4) is 0 Å². The average Bonchev–Trinajstić information content (AvgIpc) is 2.82. The second-order valence-electron chi connectivity index (χ2n) is 4.85. The van der Waals surface area contributed by atoms with Crippen LogP contribution in [0.4, 0.5) is 9.93 Å². The summed E-state index contributed by atoms with van der Waals surface area (Å²) in [6.45, 7) is 2.43. The lowest BCUT2D eigenvalue weighted by Gasteiger charge is -2.35. The number of rotatable bonds is 4. The first-order valence-electron chi connectivity index (χ1n) is 6.66. The van der Waals surface area contributed by atoms with Gasteiger partial charge in [0, 0.05) is 30.5 Å². The molecule has 0 radical (unpaired) electrons. The van der Waals surface area contributed by atoms with Gasteiger partial charge in [0.15, 0.2) is 0 Å². The summed E-state index contributed by atoms with van der Waals surface area (Å²) < 4.78 is 4.01. The molecule has 20 heavy (non-hydrogen) atoms. The Labute approximate surface area is 121 Å². The fourth-order valence-corrected chi connectivity index (χ4v) is 2.93. The van der Waals surface area contributed by atoms with Gasteiger partial charge in [-0.25, -0.2) is 9.78 Å². The molecule has 110 valence electrons. The molecule has 1 saturated heterocycles. The molecule has 0 bridgehead atoms. The van der Waals surface area contributed by atoms with Crippen LogP contribution in [-0.4, -0.2) is 44.0 Å². The number of carbonyl (C=O) groups excluding carboxylic acids is 1. The zero-order chi connectivity index (χ0) is 14.5. The molecule has 7 nitrogen and oxygen atoms in total. The van der Waals surface area contributed by atoms with E-state index in [-0.39, 0.29) is 18.5 Å². The molecule has 1 atom stereocenters. The molecule has 1 aromatic rings. The van der Waals surface area contributed by atoms with Gasteiger partial charge in [0.1, 0.15) is 5.82 Å². The summed E-state index contributed by atoms with van der Waals surface area (Å²) >= 11 is 1.15. The molecular formula is C12H18N4O3S. The number of hydrogen-bond donors (Lipinski definition) is 2. The van der Waals surface area contributed by atoms with Crippen molar-refractivity contribution in [3.8, 4) is 0 Å². The molecule has 2 N–H and O–H groups in total. The fraction of sp³-hybridized carbons (Fsp3) is 0.667. The van der Waals surface area contributed by atoms with Crippen molar-refractivity contribution in [2.75, 3.05) is 11.9 Å². The fourth-order valence-electron chi connectivity index (χ4n) is 2.37. The van der Waals surface area contributed by atoms with Crippen LogP contribution in [0.25, 0.3) is 0 Å². The standard InChI is InChI=1S/C12H18N4O3S/c1-8-13-11(20-15-8)14-12(19)16-7-3-2-4-9(16)5-6-10(17)18/h9H,2-7H2,1H3,(H,17,18)(H,13,14,15,19). The number of likely N-dealkylation sites (tertiary alicyclic amines) is 1. The number of carboxylic acids is 1. The van der Waals surface area contributed by atoms with Gasteiger partial charge in [-0.1, -0.05) is 0 Å². The summed E-state index contributed by atoms with van der Waals surface area (Å²) in [6.07, 6.45) is 3.43. The molecule has 1 aliphatic rings. The van der Waals surface area contributed by atoms with Crippen molar-refractivity contribution in [2.24, 2.45) is 0 Å². The largest absolute Gasteiger partial charge is 0.481 e. The number of carboxylic acid groups (broad SMARTS) is 1. The van der Waals surface area contributed by atoms with Crippen molar-refractivity contribution in [1.82, 2.24) is 14.3 Å². The molecule has 0 spiro atoms. The summed E-state index contributed by atoms with van der Waals surface area (Å²) in [4.78, 5) is 28.7. The summed E-state index contributed by atoms with van der Waals surface area (Å²) in [6, 6.07) is -0.217. The number of carbonyl (C=O) groups is 2. The summed E-state index contributed by atoms with van der Waals surface area (Å²) in [5, 5.41) is 12.0. The quantitative estimate of drug-likeness (QED) is 0.887. The zero-order valence-electron chi connectivity index (χ0n) is 11.3. The van der Waals surface area contributed by atoms with Crippen LogP contribution in [0.2, 0.25) is 0 Å². The summed E-state index contributed by atoms with van der Waals surface area (Å²) in [5.41, 5.74) is 0. The summed E-state index contributed by atoms with van der Waals surface area (Å²) in [7, 11) is 0. The number of anilines is 1. The van der Waals surface area contributed by atoms with E-state index in [0.717, 1.165) is 30.8 Å². The van der Waals surface area contributed by atoms with Crippen molar-refractivity contribution < 1.29 is 14.7 Å². The minimum absolute atomic E-state index is 0.00568. The van der Waals surface area contributed by atoms with Crippen LogP contribution < -0.4 is 5.32 Å². The molecule has 2 rings (SSSR count). The van der Waals surface area contributed by atoms with Crippen LogP contribution in [0.15, 0.2) is 0 Å². The Morgan fingerprint density at radius 2 is 2.30 bits per heavy atom. The molecule has 2 heterocycles. The Hall–Kier alpha value is -1.70. The van der Waals surface area contributed by atoms with E-state index in [4.69, 9.17) is 5.11 Å². The van der Waals surface area contributed by atoms with Gasteiger partial charge in [-0.05, 0) is 32.6 Å². The van der Waals surface area contributed by atoms with Gasteiger partial charge < -0.3 is 10.0 Å². The second-order valence-corrected chi connectivity index (χ2v) is 5.60.